The van der Waals surface area contributed by atoms with Gasteiger partial charge in [0.1, 0.15) is 0 Å². The van der Waals surface area contributed by atoms with Gasteiger partial charge in [0.05, 0.1) is 0 Å². The fraction of sp³-hybridized carbons (Fsp3) is 1.00. The molecule has 0 aliphatic heterocycles. The average Bonchev–Trinajstić information content (AvgIpc) is 3.22. The van der Waals surface area contributed by atoms with Gasteiger partial charge < -0.3 is 0 Å². The first-order chi connectivity index (χ1) is 9.90. The highest BCUT2D eigenvalue weighted by Crippen LogP contribution is 2.75. The Labute approximate surface area is 129 Å². The lowest BCUT2D eigenvalue weighted by Gasteiger charge is -2.40. The molecular weight excluding hydrogens is 260 g/mol. The fourth-order valence-corrected chi connectivity index (χ4v) is 8.63. The second kappa shape index (κ2) is 4.67. The first-order valence-electron chi connectivity index (χ1n) is 9.51. The zero-order chi connectivity index (χ0) is 13.3. The maximum Gasteiger partial charge on any atom is -0.00979 e. The zero-order valence-electron chi connectivity index (χ0n) is 12.7. The highest BCUT2D eigenvalue weighted by molar-refractivity contribution is 7.80. The van der Waals surface area contributed by atoms with Crippen molar-refractivity contribution in [2.75, 3.05) is 5.75 Å². The normalized spacial score (nSPS) is 58.4. The van der Waals surface area contributed by atoms with Crippen molar-refractivity contribution >= 4 is 12.6 Å². The summed E-state index contributed by atoms with van der Waals surface area (Å²) in [6.07, 6.45) is 14.0. The molecule has 5 aliphatic carbocycles. The zero-order valence-corrected chi connectivity index (χ0v) is 13.6. The van der Waals surface area contributed by atoms with E-state index in [4.69, 9.17) is 0 Å². The molecule has 0 aromatic carbocycles. The van der Waals surface area contributed by atoms with Crippen molar-refractivity contribution in [1.82, 2.24) is 0 Å². The van der Waals surface area contributed by atoms with Crippen molar-refractivity contribution in [2.45, 2.75) is 57.8 Å². The van der Waals surface area contributed by atoms with Crippen molar-refractivity contribution in [3.63, 3.8) is 0 Å². The van der Waals surface area contributed by atoms with Crippen LogP contribution in [0.1, 0.15) is 57.8 Å². The van der Waals surface area contributed by atoms with Crippen LogP contribution in [-0.2, 0) is 0 Å². The second-order valence-electron chi connectivity index (χ2n) is 8.78. The Morgan fingerprint density at radius 2 is 1.40 bits per heavy atom. The summed E-state index contributed by atoms with van der Waals surface area (Å²) in [6.45, 7) is 0. The summed E-state index contributed by atoms with van der Waals surface area (Å²) in [4.78, 5) is 0. The number of rotatable bonds is 4. The van der Waals surface area contributed by atoms with Crippen molar-refractivity contribution < 1.29 is 0 Å². The van der Waals surface area contributed by atoms with Gasteiger partial charge in [-0.2, -0.15) is 12.6 Å². The van der Waals surface area contributed by atoms with Crippen LogP contribution in [0.15, 0.2) is 0 Å². The number of hydrogen-bond acceptors (Lipinski definition) is 1. The molecule has 0 nitrogen and oxygen atoms in total. The third-order valence-electron chi connectivity index (χ3n) is 8.48. The van der Waals surface area contributed by atoms with Gasteiger partial charge in [0, 0.05) is 0 Å². The molecule has 0 heterocycles. The van der Waals surface area contributed by atoms with Crippen LogP contribution in [0, 0.1) is 53.3 Å². The van der Waals surface area contributed by atoms with Gasteiger partial charge in [-0.1, -0.05) is 12.8 Å². The van der Waals surface area contributed by atoms with Gasteiger partial charge in [0.15, 0.2) is 0 Å². The van der Waals surface area contributed by atoms with Gasteiger partial charge in [-0.3, -0.25) is 0 Å². The predicted octanol–water partition coefficient (Wildman–Crippen LogP) is 5.04. The Morgan fingerprint density at radius 3 is 2.00 bits per heavy atom. The Kier molecular flexibility index (Phi) is 3.00. The fourth-order valence-electron chi connectivity index (χ4n) is 8.41. The van der Waals surface area contributed by atoms with Crippen molar-refractivity contribution in [3.8, 4) is 0 Å². The standard InChI is InChI=1S/C19H30S/c20-9-2-1-4-15-18-13-5-3-6-14(13)19(15)17-12-8-7-11(10-12)16(17)18/h11-20H,1-10H2. The molecule has 5 fully saturated rings. The molecule has 0 N–H and O–H groups in total. The molecule has 112 valence electrons. The molecule has 4 bridgehead atoms. The number of hydrogen-bond donors (Lipinski definition) is 1. The van der Waals surface area contributed by atoms with Crippen LogP contribution in [0.2, 0.25) is 0 Å². The second-order valence-corrected chi connectivity index (χ2v) is 9.23. The summed E-state index contributed by atoms with van der Waals surface area (Å²) in [5, 5.41) is 0. The van der Waals surface area contributed by atoms with E-state index in [0.717, 1.165) is 11.7 Å². The van der Waals surface area contributed by atoms with Gasteiger partial charge in [-0.05, 0) is 104 Å². The van der Waals surface area contributed by atoms with Gasteiger partial charge in [0.2, 0.25) is 0 Å². The molecule has 0 saturated heterocycles. The van der Waals surface area contributed by atoms with E-state index in [2.05, 4.69) is 12.6 Å². The summed E-state index contributed by atoms with van der Waals surface area (Å²) < 4.78 is 0. The van der Waals surface area contributed by atoms with Gasteiger partial charge in [-0.15, -0.1) is 0 Å². The van der Waals surface area contributed by atoms with Crippen molar-refractivity contribution in [2.24, 2.45) is 53.3 Å². The number of unbranched alkanes of at least 4 members (excludes halogenated alkanes) is 1. The minimum absolute atomic E-state index is 1.10. The molecule has 1 heteroatoms. The molecule has 5 rings (SSSR count). The Morgan fingerprint density at radius 1 is 0.750 bits per heavy atom. The molecular formula is C19H30S. The molecule has 0 aromatic rings. The quantitative estimate of drug-likeness (QED) is 0.418. The summed E-state index contributed by atoms with van der Waals surface area (Å²) in [5.41, 5.74) is 0. The van der Waals surface area contributed by atoms with Gasteiger partial charge in [-0.25, -0.2) is 0 Å². The molecule has 0 spiro atoms. The predicted molar refractivity (Wildman–Crippen MR) is 86.8 cm³/mol. The Balaban J connectivity index is 1.44. The topological polar surface area (TPSA) is 0 Å². The largest absolute Gasteiger partial charge is 0.179 e. The number of fused-ring (bicyclic) bond motifs is 12. The molecule has 20 heavy (non-hydrogen) atoms. The minimum Gasteiger partial charge on any atom is -0.179 e. The van der Waals surface area contributed by atoms with Gasteiger partial charge >= 0.3 is 0 Å². The molecule has 0 aromatic heterocycles. The molecule has 8 unspecified atom stereocenters. The van der Waals surface area contributed by atoms with Crippen LogP contribution in [0.3, 0.4) is 0 Å². The Hall–Kier alpha value is 0.350. The Bertz CT molecular complexity index is 361. The van der Waals surface area contributed by atoms with E-state index in [0.29, 0.717) is 0 Å². The third kappa shape index (κ3) is 1.52. The highest BCUT2D eigenvalue weighted by atomic mass is 32.1. The summed E-state index contributed by atoms with van der Waals surface area (Å²) in [7, 11) is 0. The summed E-state index contributed by atoms with van der Waals surface area (Å²) in [5.74, 6) is 11.8. The molecule has 5 saturated carbocycles. The lowest BCUT2D eigenvalue weighted by Crippen LogP contribution is -2.35. The smallest absolute Gasteiger partial charge is 0.00979 e. The average molecular weight is 291 g/mol. The van der Waals surface area contributed by atoms with Crippen LogP contribution < -0.4 is 0 Å². The molecule has 0 radical (unpaired) electrons. The minimum atomic E-state index is 1.10. The van der Waals surface area contributed by atoms with E-state index in [9.17, 15) is 0 Å². The van der Waals surface area contributed by atoms with E-state index < -0.39 is 0 Å². The van der Waals surface area contributed by atoms with Crippen LogP contribution in [0.4, 0.5) is 0 Å². The lowest BCUT2D eigenvalue weighted by molar-refractivity contribution is 0.0716. The first kappa shape index (κ1) is 12.9. The number of thiol groups is 1. The van der Waals surface area contributed by atoms with Crippen LogP contribution in [-0.4, -0.2) is 5.75 Å². The summed E-state index contributed by atoms with van der Waals surface area (Å²) >= 11 is 4.43. The van der Waals surface area contributed by atoms with Crippen molar-refractivity contribution in [3.05, 3.63) is 0 Å². The molecule has 8 atom stereocenters. The maximum atomic E-state index is 4.43. The van der Waals surface area contributed by atoms with E-state index in [1.165, 1.54) is 60.2 Å². The van der Waals surface area contributed by atoms with Crippen LogP contribution in [0.25, 0.3) is 0 Å². The third-order valence-corrected chi connectivity index (χ3v) is 8.80. The first-order valence-corrected chi connectivity index (χ1v) is 10.1. The SMILES string of the molecule is SCCCCC1C2C3CCCC3C1C1C3CCC(C3)C21. The maximum absolute atomic E-state index is 4.43. The lowest BCUT2D eigenvalue weighted by atomic mass is 9.64. The molecule has 0 amide bonds. The summed E-state index contributed by atoms with van der Waals surface area (Å²) in [6, 6.07) is 0. The van der Waals surface area contributed by atoms with E-state index >= 15 is 0 Å². The van der Waals surface area contributed by atoms with E-state index in [1.54, 1.807) is 44.9 Å². The molecule has 5 aliphatic rings. The van der Waals surface area contributed by atoms with Crippen LogP contribution >= 0.6 is 12.6 Å². The highest BCUT2D eigenvalue weighted by Gasteiger charge is 2.69. The van der Waals surface area contributed by atoms with Crippen LogP contribution in [0.5, 0.6) is 0 Å². The van der Waals surface area contributed by atoms with E-state index in [-0.39, 0.29) is 0 Å². The monoisotopic (exact) mass is 290 g/mol. The van der Waals surface area contributed by atoms with Crippen molar-refractivity contribution in [1.29, 1.82) is 0 Å². The van der Waals surface area contributed by atoms with Gasteiger partial charge in [0.25, 0.3) is 0 Å². The van der Waals surface area contributed by atoms with E-state index in [1.807, 2.05) is 0 Å².